The zero-order valence-electron chi connectivity index (χ0n) is 14.6. The van der Waals surface area contributed by atoms with Gasteiger partial charge in [0.05, 0.1) is 6.10 Å². The van der Waals surface area contributed by atoms with Crippen LogP contribution in [-0.4, -0.2) is 17.5 Å². The molecule has 0 radical (unpaired) electrons. The van der Waals surface area contributed by atoms with Gasteiger partial charge in [-0.2, -0.15) is 0 Å². The SMILES string of the molecule is C/C=C\C.C=C[C@H](C)[C@@H](O)[C@@H](C)CC.CC[C@H](C)C=O. The molecule has 0 fully saturated rings. The van der Waals surface area contributed by atoms with Crippen molar-refractivity contribution in [3.8, 4) is 0 Å². The Morgan fingerprint density at radius 2 is 1.50 bits per heavy atom. The molecule has 1 N–H and O–H groups in total. The zero-order valence-corrected chi connectivity index (χ0v) is 14.6. The van der Waals surface area contributed by atoms with Crippen LogP contribution in [0.2, 0.25) is 0 Å². The van der Waals surface area contributed by atoms with Gasteiger partial charge in [-0.05, 0) is 32.1 Å². The van der Waals surface area contributed by atoms with Gasteiger partial charge in [-0.1, -0.05) is 59.3 Å². The third-order valence-corrected chi connectivity index (χ3v) is 3.35. The molecule has 0 bridgehead atoms. The summed E-state index contributed by atoms with van der Waals surface area (Å²) >= 11 is 0. The Kier molecular flexibility index (Phi) is 21.9. The molecular weight excluding hydrogens is 248 g/mol. The average Bonchev–Trinajstić information content (AvgIpc) is 2.52. The van der Waals surface area contributed by atoms with Crippen LogP contribution in [0.4, 0.5) is 0 Å². The van der Waals surface area contributed by atoms with Crippen LogP contribution in [0.5, 0.6) is 0 Å². The minimum Gasteiger partial charge on any atom is -0.392 e. The van der Waals surface area contributed by atoms with Gasteiger partial charge in [-0.3, -0.25) is 0 Å². The molecule has 0 spiro atoms. The Morgan fingerprint density at radius 3 is 1.65 bits per heavy atom. The molecule has 0 rings (SSSR count). The lowest BCUT2D eigenvalue weighted by Gasteiger charge is -2.20. The normalized spacial score (nSPS) is 15.8. The van der Waals surface area contributed by atoms with Gasteiger partial charge in [0.1, 0.15) is 6.29 Å². The number of hydrogen-bond donors (Lipinski definition) is 1. The standard InChI is InChI=1S/C9H18O.C5H10O.C4H8/c1-5-7(3)9(10)8(4)6-2;1-3-5(2)4-6;1-3-4-2/h5,7-10H,1,6H2,2-4H3;4-5H,3H2,1-2H3;3-4H,1-2H3/b;;4-3-/t7-,8-,9+;5-;/m00./s1. The number of aldehydes is 1. The molecular formula is C18H36O2. The Balaban J connectivity index is -0.000000246. The molecule has 20 heavy (non-hydrogen) atoms. The smallest absolute Gasteiger partial charge is 0.122 e. The van der Waals surface area contributed by atoms with Crippen molar-refractivity contribution in [2.75, 3.05) is 0 Å². The molecule has 120 valence electrons. The minimum absolute atomic E-state index is 0.218. The summed E-state index contributed by atoms with van der Waals surface area (Å²) in [7, 11) is 0. The molecule has 0 aliphatic rings. The number of carbonyl (C=O) groups is 1. The fraction of sp³-hybridized carbons (Fsp3) is 0.722. The summed E-state index contributed by atoms with van der Waals surface area (Å²) in [6.07, 6.45) is 8.54. The van der Waals surface area contributed by atoms with E-state index in [1.165, 1.54) is 0 Å². The first-order valence-electron chi connectivity index (χ1n) is 7.69. The largest absolute Gasteiger partial charge is 0.392 e. The third-order valence-electron chi connectivity index (χ3n) is 3.35. The number of aliphatic hydroxyl groups is 1. The van der Waals surface area contributed by atoms with Crippen molar-refractivity contribution >= 4 is 6.29 Å². The first kappa shape index (κ1) is 24.1. The quantitative estimate of drug-likeness (QED) is 0.548. The minimum atomic E-state index is -0.220. The van der Waals surface area contributed by atoms with E-state index in [1.807, 2.05) is 46.8 Å². The van der Waals surface area contributed by atoms with Crippen molar-refractivity contribution in [3.05, 3.63) is 24.8 Å². The molecule has 4 atom stereocenters. The second-order valence-electron chi connectivity index (χ2n) is 5.16. The van der Waals surface area contributed by atoms with E-state index < -0.39 is 0 Å². The fourth-order valence-electron chi connectivity index (χ4n) is 0.995. The number of hydrogen-bond acceptors (Lipinski definition) is 2. The highest BCUT2D eigenvalue weighted by Gasteiger charge is 2.16. The lowest BCUT2D eigenvalue weighted by atomic mass is 9.92. The van der Waals surface area contributed by atoms with Gasteiger partial charge in [0.25, 0.3) is 0 Å². The molecule has 2 heteroatoms. The molecule has 0 aliphatic heterocycles. The molecule has 0 heterocycles. The maximum Gasteiger partial charge on any atom is 0.122 e. The molecule has 0 saturated heterocycles. The Morgan fingerprint density at radius 1 is 1.05 bits per heavy atom. The van der Waals surface area contributed by atoms with Gasteiger partial charge in [-0.15, -0.1) is 6.58 Å². The maximum atomic E-state index is 9.74. The van der Waals surface area contributed by atoms with Gasteiger partial charge in [0.2, 0.25) is 0 Å². The summed E-state index contributed by atoms with van der Waals surface area (Å²) in [6.45, 7) is 17.7. The molecule has 0 unspecified atom stereocenters. The van der Waals surface area contributed by atoms with Gasteiger partial charge < -0.3 is 9.90 Å². The predicted molar refractivity (Wildman–Crippen MR) is 90.8 cm³/mol. The number of rotatable bonds is 6. The van der Waals surface area contributed by atoms with Crippen LogP contribution in [0, 0.1) is 17.8 Å². The fourth-order valence-corrected chi connectivity index (χ4v) is 0.995. The zero-order chi connectivity index (χ0) is 16.6. The van der Waals surface area contributed by atoms with Gasteiger partial charge in [-0.25, -0.2) is 0 Å². The number of aliphatic hydroxyl groups excluding tert-OH is 1. The highest BCUT2D eigenvalue weighted by Crippen LogP contribution is 2.15. The second-order valence-corrected chi connectivity index (χ2v) is 5.16. The topological polar surface area (TPSA) is 37.3 Å². The monoisotopic (exact) mass is 284 g/mol. The molecule has 2 nitrogen and oxygen atoms in total. The lowest BCUT2D eigenvalue weighted by molar-refractivity contribution is -0.110. The highest BCUT2D eigenvalue weighted by molar-refractivity contribution is 5.52. The van der Waals surface area contributed by atoms with E-state index in [0.717, 1.165) is 19.1 Å². The van der Waals surface area contributed by atoms with E-state index in [1.54, 1.807) is 6.08 Å². The average molecular weight is 284 g/mol. The van der Waals surface area contributed by atoms with Crippen molar-refractivity contribution in [1.29, 1.82) is 0 Å². The summed E-state index contributed by atoms with van der Waals surface area (Å²) in [5.41, 5.74) is 0. The molecule has 0 aromatic heterocycles. The van der Waals surface area contributed by atoms with Crippen molar-refractivity contribution in [2.45, 2.75) is 67.4 Å². The third kappa shape index (κ3) is 17.1. The van der Waals surface area contributed by atoms with Crippen molar-refractivity contribution in [1.82, 2.24) is 0 Å². The van der Waals surface area contributed by atoms with Crippen LogP contribution in [0.1, 0.15) is 61.3 Å². The summed E-state index contributed by atoms with van der Waals surface area (Å²) in [6, 6.07) is 0. The van der Waals surface area contributed by atoms with E-state index in [9.17, 15) is 9.90 Å². The van der Waals surface area contributed by atoms with Crippen LogP contribution in [0.25, 0.3) is 0 Å². The van der Waals surface area contributed by atoms with Crippen LogP contribution in [0.3, 0.4) is 0 Å². The number of allylic oxidation sites excluding steroid dienone is 2. The molecule has 0 saturated carbocycles. The van der Waals surface area contributed by atoms with E-state index >= 15 is 0 Å². The Labute approximate surface area is 127 Å². The Bertz CT molecular complexity index is 230. The van der Waals surface area contributed by atoms with Gasteiger partial charge in [0, 0.05) is 5.92 Å². The highest BCUT2D eigenvalue weighted by atomic mass is 16.3. The predicted octanol–water partition coefficient (Wildman–Crippen LogP) is 5.03. The Hall–Kier alpha value is -0.890. The van der Waals surface area contributed by atoms with E-state index in [4.69, 9.17) is 0 Å². The molecule has 0 aromatic carbocycles. The van der Waals surface area contributed by atoms with E-state index in [2.05, 4.69) is 20.4 Å². The van der Waals surface area contributed by atoms with Crippen LogP contribution in [0.15, 0.2) is 24.8 Å². The molecule has 0 amide bonds. The molecule has 0 aromatic rings. The van der Waals surface area contributed by atoms with Gasteiger partial charge in [0.15, 0.2) is 0 Å². The van der Waals surface area contributed by atoms with Crippen LogP contribution in [-0.2, 0) is 4.79 Å². The maximum absolute atomic E-state index is 9.74. The first-order valence-corrected chi connectivity index (χ1v) is 7.69. The van der Waals surface area contributed by atoms with Gasteiger partial charge >= 0.3 is 0 Å². The number of carbonyl (C=O) groups excluding carboxylic acids is 1. The van der Waals surface area contributed by atoms with Crippen molar-refractivity contribution in [2.24, 2.45) is 17.8 Å². The van der Waals surface area contributed by atoms with Crippen LogP contribution >= 0.6 is 0 Å². The van der Waals surface area contributed by atoms with Crippen molar-refractivity contribution in [3.63, 3.8) is 0 Å². The van der Waals surface area contributed by atoms with Crippen LogP contribution < -0.4 is 0 Å². The van der Waals surface area contributed by atoms with Crippen molar-refractivity contribution < 1.29 is 9.90 Å². The second kappa shape index (κ2) is 18.1. The van der Waals surface area contributed by atoms with E-state index in [0.29, 0.717) is 5.92 Å². The molecule has 0 aliphatic carbocycles. The summed E-state index contributed by atoms with van der Waals surface area (Å²) in [5, 5.41) is 9.51. The summed E-state index contributed by atoms with van der Waals surface area (Å²) in [5.74, 6) is 0.855. The lowest BCUT2D eigenvalue weighted by Crippen LogP contribution is -2.23. The van der Waals surface area contributed by atoms with E-state index in [-0.39, 0.29) is 17.9 Å². The summed E-state index contributed by atoms with van der Waals surface area (Å²) < 4.78 is 0. The summed E-state index contributed by atoms with van der Waals surface area (Å²) in [4.78, 5) is 9.74. The first-order chi connectivity index (χ1) is 9.35.